The molecule has 1 aliphatic rings. The van der Waals surface area contributed by atoms with Crippen molar-refractivity contribution in [2.75, 3.05) is 6.54 Å². The van der Waals surface area contributed by atoms with Gasteiger partial charge in [-0.05, 0) is 38.8 Å². The average molecular weight is 354 g/mol. The summed E-state index contributed by atoms with van der Waals surface area (Å²) in [5.74, 6) is 0.686. The molecular formula is C22H31N3O. The van der Waals surface area contributed by atoms with Crippen LogP contribution in [0.15, 0.2) is 29.1 Å². The molecule has 4 nitrogen and oxygen atoms in total. The van der Waals surface area contributed by atoms with Gasteiger partial charge in [0.15, 0.2) is 0 Å². The Morgan fingerprint density at radius 1 is 1.12 bits per heavy atom. The third kappa shape index (κ3) is 4.24. The van der Waals surface area contributed by atoms with Crippen molar-refractivity contribution in [3.05, 3.63) is 51.4 Å². The van der Waals surface area contributed by atoms with Crippen LogP contribution in [0.25, 0.3) is 11.4 Å². The molecule has 1 fully saturated rings. The van der Waals surface area contributed by atoms with Gasteiger partial charge in [0, 0.05) is 29.4 Å². The Bertz CT molecular complexity index is 788. The maximum Gasteiger partial charge on any atom is 0.254 e. The van der Waals surface area contributed by atoms with Crippen LogP contribution in [0, 0.1) is 13.8 Å². The number of hydrogen-bond donors (Lipinski definition) is 1. The lowest BCUT2D eigenvalue weighted by Gasteiger charge is -2.30. The van der Waals surface area contributed by atoms with Gasteiger partial charge in [0.1, 0.15) is 5.82 Å². The van der Waals surface area contributed by atoms with Crippen molar-refractivity contribution in [2.24, 2.45) is 0 Å². The van der Waals surface area contributed by atoms with Crippen LogP contribution >= 0.6 is 0 Å². The smallest absolute Gasteiger partial charge is 0.254 e. The summed E-state index contributed by atoms with van der Waals surface area (Å²) < 4.78 is 0. The maximum atomic E-state index is 12.2. The van der Waals surface area contributed by atoms with Crippen LogP contribution < -0.4 is 5.56 Å². The van der Waals surface area contributed by atoms with Gasteiger partial charge in [0.25, 0.3) is 5.56 Å². The minimum absolute atomic E-state index is 0.0431. The van der Waals surface area contributed by atoms with Crippen LogP contribution in [-0.4, -0.2) is 27.5 Å². The highest BCUT2D eigenvalue weighted by molar-refractivity contribution is 5.60. The lowest BCUT2D eigenvalue weighted by molar-refractivity contribution is 0.180. The maximum absolute atomic E-state index is 12.2. The third-order valence-electron chi connectivity index (χ3n) is 5.79. The summed E-state index contributed by atoms with van der Waals surface area (Å²) in [6, 6.07) is 9.02. The second kappa shape index (κ2) is 8.63. The standard InChI is InChI=1S/C22H31N3O/c1-4-25(19-12-7-5-6-8-13-19)15-18-11-9-10-14-20(18)21-23-17(3)16(2)22(26)24-21/h9-11,14,19H,4-8,12-13,15H2,1-3H3,(H,23,24,26). The van der Waals surface area contributed by atoms with Gasteiger partial charge in [0.2, 0.25) is 0 Å². The number of rotatable bonds is 5. The number of nitrogens with zero attached hydrogens (tertiary/aromatic N) is 2. The predicted octanol–water partition coefficient (Wildman–Crippen LogP) is 4.60. The van der Waals surface area contributed by atoms with Crippen LogP contribution in [-0.2, 0) is 6.54 Å². The van der Waals surface area contributed by atoms with Gasteiger partial charge in [-0.1, -0.05) is 56.9 Å². The Morgan fingerprint density at radius 2 is 1.81 bits per heavy atom. The summed E-state index contributed by atoms with van der Waals surface area (Å²) in [5, 5.41) is 0. The summed E-state index contributed by atoms with van der Waals surface area (Å²) in [5.41, 5.74) is 3.73. The van der Waals surface area contributed by atoms with Crippen molar-refractivity contribution < 1.29 is 0 Å². The number of aromatic nitrogens is 2. The first-order valence-electron chi connectivity index (χ1n) is 10.00. The molecule has 0 atom stereocenters. The number of H-pyrrole nitrogens is 1. The fourth-order valence-corrected chi connectivity index (χ4v) is 4.00. The van der Waals surface area contributed by atoms with E-state index in [9.17, 15) is 4.79 Å². The van der Waals surface area contributed by atoms with Crippen molar-refractivity contribution in [3.63, 3.8) is 0 Å². The molecule has 0 aliphatic heterocycles. The van der Waals surface area contributed by atoms with Gasteiger partial charge in [-0.15, -0.1) is 0 Å². The highest BCUT2D eigenvalue weighted by Gasteiger charge is 2.20. The molecule has 4 heteroatoms. The largest absolute Gasteiger partial charge is 0.306 e. The van der Waals surface area contributed by atoms with E-state index in [1.54, 1.807) is 0 Å². The van der Waals surface area contributed by atoms with Gasteiger partial charge in [-0.25, -0.2) is 4.98 Å². The topological polar surface area (TPSA) is 49.0 Å². The van der Waals surface area contributed by atoms with Gasteiger partial charge in [-0.2, -0.15) is 0 Å². The lowest BCUT2D eigenvalue weighted by Crippen LogP contribution is -2.34. The highest BCUT2D eigenvalue weighted by atomic mass is 16.1. The van der Waals surface area contributed by atoms with Crippen LogP contribution in [0.5, 0.6) is 0 Å². The molecule has 1 aromatic heterocycles. The van der Waals surface area contributed by atoms with Crippen molar-refractivity contribution in [1.82, 2.24) is 14.9 Å². The number of benzene rings is 1. The summed E-state index contributed by atoms with van der Waals surface area (Å²) in [7, 11) is 0. The van der Waals surface area contributed by atoms with E-state index in [0.29, 0.717) is 17.4 Å². The zero-order valence-electron chi connectivity index (χ0n) is 16.3. The Hall–Kier alpha value is -1.94. The van der Waals surface area contributed by atoms with E-state index in [1.807, 2.05) is 19.9 Å². The molecule has 1 aromatic carbocycles. The molecule has 0 amide bonds. The van der Waals surface area contributed by atoms with E-state index in [-0.39, 0.29) is 5.56 Å². The predicted molar refractivity (Wildman–Crippen MR) is 107 cm³/mol. The monoisotopic (exact) mass is 353 g/mol. The van der Waals surface area contributed by atoms with Crippen LogP contribution in [0.3, 0.4) is 0 Å². The van der Waals surface area contributed by atoms with E-state index >= 15 is 0 Å². The fourth-order valence-electron chi connectivity index (χ4n) is 4.00. The molecule has 3 rings (SSSR count). The van der Waals surface area contributed by atoms with E-state index in [2.05, 4.69) is 40.0 Å². The number of nitrogens with one attached hydrogen (secondary N) is 1. The van der Waals surface area contributed by atoms with E-state index < -0.39 is 0 Å². The quantitative estimate of drug-likeness (QED) is 0.799. The van der Waals surface area contributed by atoms with E-state index in [4.69, 9.17) is 0 Å². The molecule has 26 heavy (non-hydrogen) atoms. The second-order valence-electron chi connectivity index (χ2n) is 7.49. The van der Waals surface area contributed by atoms with Gasteiger partial charge < -0.3 is 4.98 Å². The number of hydrogen-bond acceptors (Lipinski definition) is 3. The molecule has 0 bridgehead atoms. The van der Waals surface area contributed by atoms with E-state index in [0.717, 1.165) is 24.3 Å². The first kappa shape index (κ1) is 18.8. The molecule has 0 spiro atoms. The van der Waals surface area contributed by atoms with Crippen molar-refractivity contribution >= 4 is 0 Å². The first-order chi connectivity index (χ1) is 12.6. The minimum atomic E-state index is -0.0431. The summed E-state index contributed by atoms with van der Waals surface area (Å²) >= 11 is 0. The normalized spacial score (nSPS) is 16.0. The number of aryl methyl sites for hydroxylation is 1. The summed E-state index contributed by atoms with van der Waals surface area (Å²) in [4.78, 5) is 22.4. The molecular weight excluding hydrogens is 322 g/mol. The second-order valence-corrected chi connectivity index (χ2v) is 7.49. The fraction of sp³-hybridized carbons (Fsp3) is 0.545. The van der Waals surface area contributed by atoms with Crippen molar-refractivity contribution in [2.45, 2.75) is 71.9 Å². The molecule has 0 saturated heterocycles. The average Bonchev–Trinajstić information content (AvgIpc) is 2.93. The first-order valence-corrected chi connectivity index (χ1v) is 10.00. The van der Waals surface area contributed by atoms with Gasteiger partial charge in [0.05, 0.1) is 0 Å². The highest BCUT2D eigenvalue weighted by Crippen LogP contribution is 2.26. The molecule has 1 heterocycles. The third-order valence-corrected chi connectivity index (χ3v) is 5.79. The molecule has 1 saturated carbocycles. The van der Waals surface area contributed by atoms with Crippen molar-refractivity contribution in [3.8, 4) is 11.4 Å². The van der Waals surface area contributed by atoms with Gasteiger partial charge >= 0.3 is 0 Å². The Balaban J connectivity index is 1.90. The molecule has 2 aromatic rings. The summed E-state index contributed by atoms with van der Waals surface area (Å²) in [6.07, 6.45) is 8.03. The van der Waals surface area contributed by atoms with Gasteiger partial charge in [-0.3, -0.25) is 9.69 Å². The molecule has 0 radical (unpaired) electrons. The lowest BCUT2D eigenvalue weighted by atomic mass is 10.0. The SMILES string of the molecule is CCN(Cc1ccccc1-c1nc(C)c(C)c(=O)[nH]1)C1CCCCCC1. The summed E-state index contributed by atoms with van der Waals surface area (Å²) in [6.45, 7) is 7.94. The Labute approximate surface area is 156 Å². The van der Waals surface area contributed by atoms with Crippen LogP contribution in [0.4, 0.5) is 0 Å². The zero-order valence-corrected chi connectivity index (χ0v) is 16.3. The Morgan fingerprint density at radius 3 is 2.46 bits per heavy atom. The number of aromatic amines is 1. The van der Waals surface area contributed by atoms with Crippen molar-refractivity contribution in [1.29, 1.82) is 0 Å². The molecule has 1 N–H and O–H groups in total. The molecule has 1 aliphatic carbocycles. The Kier molecular flexibility index (Phi) is 6.25. The van der Waals surface area contributed by atoms with E-state index in [1.165, 1.54) is 44.1 Å². The van der Waals surface area contributed by atoms with Crippen LogP contribution in [0.2, 0.25) is 0 Å². The van der Waals surface area contributed by atoms with Crippen LogP contribution in [0.1, 0.15) is 62.3 Å². The molecule has 0 unspecified atom stereocenters. The zero-order chi connectivity index (χ0) is 18.5. The minimum Gasteiger partial charge on any atom is -0.306 e. The molecule has 140 valence electrons.